The van der Waals surface area contributed by atoms with Gasteiger partial charge in [-0.15, -0.1) is 0 Å². The Morgan fingerprint density at radius 2 is 2.05 bits per heavy atom. The van der Waals surface area contributed by atoms with Gasteiger partial charge in [-0.2, -0.15) is 0 Å². The van der Waals surface area contributed by atoms with Crippen LogP contribution >= 0.6 is 11.3 Å². The van der Waals surface area contributed by atoms with Crippen molar-refractivity contribution >= 4 is 16.5 Å². The first-order chi connectivity index (χ1) is 9.00. The predicted molar refractivity (Wildman–Crippen MR) is 79.4 cm³/mol. The highest BCUT2D eigenvalue weighted by Gasteiger charge is 2.18. The van der Waals surface area contributed by atoms with Crippen LogP contribution in [0.2, 0.25) is 0 Å². The zero-order chi connectivity index (χ0) is 13.9. The number of hydrogen-bond donors (Lipinski definition) is 2. The molecule has 0 bridgehead atoms. The Balaban J connectivity index is 2.11. The number of hydrazine groups is 1. The molecule has 1 aromatic carbocycles. The predicted octanol–water partition coefficient (Wildman–Crippen LogP) is 3.31. The number of aromatic nitrogens is 1. The van der Waals surface area contributed by atoms with Gasteiger partial charge in [0.15, 0.2) is 5.13 Å². The van der Waals surface area contributed by atoms with Gasteiger partial charge in [-0.25, -0.2) is 10.8 Å². The average Bonchev–Trinajstić information content (AvgIpc) is 2.83. The van der Waals surface area contributed by atoms with Gasteiger partial charge in [0.1, 0.15) is 12.4 Å². The number of nitrogens with two attached hydrogens (primary N) is 1. The third-order valence-electron chi connectivity index (χ3n) is 2.74. The van der Waals surface area contributed by atoms with E-state index in [0.717, 1.165) is 10.6 Å². The molecule has 0 aliphatic heterocycles. The van der Waals surface area contributed by atoms with Crippen LogP contribution in [0.5, 0.6) is 5.75 Å². The van der Waals surface area contributed by atoms with Gasteiger partial charge in [0.25, 0.3) is 0 Å². The van der Waals surface area contributed by atoms with Gasteiger partial charge in [-0.1, -0.05) is 50.3 Å². The summed E-state index contributed by atoms with van der Waals surface area (Å²) in [7, 11) is 0. The third kappa shape index (κ3) is 3.45. The van der Waals surface area contributed by atoms with Crippen molar-refractivity contribution in [3.63, 3.8) is 0 Å². The van der Waals surface area contributed by atoms with Crippen molar-refractivity contribution in [2.75, 3.05) is 5.43 Å². The first kappa shape index (κ1) is 13.8. The quantitative estimate of drug-likeness (QED) is 0.665. The molecule has 2 rings (SSSR count). The maximum Gasteiger partial charge on any atom is 0.197 e. The lowest BCUT2D eigenvalue weighted by Gasteiger charge is -2.22. The van der Waals surface area contributed by atoms with Crippen LogP contribution in [0.15, 0.2) is 30.5 Å². The van der Waals surface area contributed by atoms with E-state index in [9.17, 15) is 0 Å². The summed E-state index contributed by atoms with van der Waals surface area (Å²) < 4.78 is 5.91. The van der Waals surface area contributed by atoms with Crippen molar-refractivity contribution in [1.29, 1.82) is 0 Å². The van der Waals surface area contributed by atoms with Crippen LogP contribution in [0.25, 0.3) is 0 Å². The summed E-state index contributed by atoms with van der Waals surface area (Å²) in [6.45, 7) is 7.04. The van der Waals surface area contributed by atoms with Crippen molar-refractivity contribution in [3.05, 3.63) is 40.9 Å². The molecule has 0 aliphatic rings. The maximum absolute atomic E-state index is 5.91. The van der Waals surface area contributed by atoms with Crippen LogP contribution in [0, 0.1) is 0 Å². The summed E-state index contributed by atoms with van der Waals surface area (Å²) in [5.41, 5.74) is 3.80. The lowest BCUT2D eigenvalue weighted by Crippen LogP contribution is -2.13. The van der Waals surface area contributed by atoms with Gasteiger partial charge in [0.05, 0.1) is 4.88 Å². The van der Waals surface area contributed by atoms with E-state index in [4.69, 9.17) is 10.6 Å². The minimum absolute atomic E-state index is 0.0638. The normalized spacial score (nSPS) is 11.4. The Bertz CT molecular complexity index is 546. The van der Waals surface area contributed by atoms with E-state index < -0.39 is 0 Å². The van der Waals surface area contributed by atoms with E-state index >= 15 is 0 Å². The van der Waals surface area contributed by atoms with Crippen molar-refractivity contribution in [2.24, 2.45) is 5.84 Å². The summed E-state index contributed by atoms with van der Waals surface area (Å²) in [6, 6.07) is 8.14. The standard InChI is InChI=1S/C14H19N3OS/c1-14(2,3)11-6-4-5-7-12(11)18-9-10-8-16-13(17-15)19-10/h4-8H,9,15H2,1-3H3,(H,16,17). The zero-order valence-electron chi connectivity index (χ0n) is 11.4. The second kappa shape index (κ2) is 5.59. The van der Waals surface area contributed by atoms with E-state index in [-0.39, 0.29) is 5.41 Å². The highest BCUT2D eigenvalue weighted by atomic mass is 32.1. The molecule has 2 aromatic rings. The molecule has 0 saturated heterocycles. The van der Waals surface area contributed by atoms with Crippen molar-refractivity contribution in [3.8, 4) is 5.75 Å². The molecule has 3 N–H and O–H groups in total. The number of para-hydroxylation sites is 1. The Morgan fingerprint density at radius 1 is 1.32 bits per heavy atom. The van der Waals surface area contributed by atoms with Crippen LogP contribution in [0.3, 0.4) is 0 Å². The fraction of sp³-hybridized carbons (Fsp3) is 0.357. The lowest BCUT2D eigenvalue weighted by atomic mass is 9.86. The number of ether oxygens (including phenoxy) is 1. The van der Waals surface area contributed by atoms with Crippen LogP contribution in [-0.2, 0) is 12.0 Å². The molecule has 19 heavy (non-hydrogen) atoms. The van der Waals surface area contributed by atoms with Crippen LogP contribution in [-0.4, -0.2) is 4.98 Å². The summed E-state index contributed by atoms with van der Waals surface area (Å²) >= 11 is 1.49. The average molecular weight is 277 g/mol. The first-order valence-corrected chi connectivity index (χ1v) is 6.96. The number of benzene rings is 1. The van der Waals surface area contributed by atoms with Gasteiger partial charge in [-0.05, 0) is 17.0 Å². The van der Waals surface area contributed by atoms with Crippen LogP contribution in [0.4, 0.5) is 5.13 Å². The summed E-state index contributed by atoms with van der Waals surface area (Å²) in [6.07, 6.45) is 1.78. The van der Waals surface area contributed by atoms with Crippen molar-refractivity contribution in [2.45, 2.75) is 32.8 Å². The highest BCUT2D eigenvalue weighted by molar-refractivity contribution is 7.15. The monoisotopic (exact) mass is 277 g/mol. The molecule has 0 fully saturated rings. The lowest BCUT2D eigenvalue weighted by molar-refractivity contribution is 0.300. The van der Waals surface area contributed by atoms with E-state index in [1.54, 1.807) is 6.20 Å². The fourth-order valence-corrected chi connectivity index (χ4v) is 2.44. The van der Waals surface area contributed by atoms with E-state index in [0.29, 0.717) is 11.7 Å². The van der Waals surface area contributed by atoms with Crippen LogP contribution < -0.4 is 16.0 Å². The molecule has 5 heteroatoms. The molecule has 0 spiro atoms. The molecule has 0 radical (unpaired) electrons. The number of thiazole rings is 1. The SMILES string of the molecule is CC(C)(C)c1ccccc1OCc1cnc(NN)s1. The Morgan fingerprint density at radius 3 is 2.68 bits per heavy atom. The van der Waals surface area contributed by atoms with E-state index in [1.165, 1.54) is 16.9 Å². The molecule has 0 amide bonds. The van der Waals surface area contributed by atoms with Gasteiger partial charge in [0, 0.05) is 6.20 Å². The number of nitrogen functional groups attached to an aromatic ring is 1. The fourth-order valence-electron chi connectivity index (χ4n) is 1.80. The number of rotatable bonds is 4. The molecule has 0 aliphatic carbocycles. The number of nitrogens with one attached hydrogen (secondary N) is 1. The molecule has 102 valence electrons. The minimum Gasteiger partial charge on any atom is -0.488 e. The van der Waals surface area contributed by atoms with Gasteiger partial charge in [0.2, 0.25) is 0 Å². The molecular weight excluding hydrogens is 258 g/mol. The smallest absolute Gasteiger partial charge is 0.197 e. The topological polar surface area (TPSA) is 60.2 Å². The molecular formula is C14H19N3OS. The zero-order valence-corrected chi connectivity index (χ0v) is 12.3. The van der Waals surface area contributed by atoms with Gasteiger partial charge >= 0.3 is 0 Å². The second-order valence-corrected chi connectivity index (χ2v) is 6.43. The molecule has 0 saturated carbocycles. The minimum atomic E-state index is 0.0638. The highest BCUT2D eigenvalue weighted by Crippen LogP contribution is 2.31. The Labute approximate surface area is 117 Å². The summed E-state index contributed by atoms with van der Waals surface area (Å²) in [5, 5.41) is 0.697. The molecule has 4 nitrogen and oxygen atoms in total. The van der Waals surface area contributed by atoms with E-state index in [1.807, 2.05) is 18.2 Å². The number of hydrogen-bond acceptors (Lipinski definition) is 5. The van der Waals surface area contributed by atoms with Gasteiger partial charge in [-0.3, -0.25) is 5.43 Å². The number of nitrogens with zero attached hydrogens (tertiary/aromatic N) is 1. The third-order valence-corrected chi connectivity index (χ3v) is 3.64. The molecule has 1 heterocycles. The first-order valence-electron chi connectivity index (χ1n) is 6.14. The van der Waals surface area contributed by atoms with Crippen molar-refractivity contribution < 1.29 is 4.74 Å². The van der Waals surface area contributed by atoms with Gasteiger partial charge < -0.3 is 4.74 Å². The molecule has 1 aromatic heterocycles. The molecule has 0 unspecified atom stereocenters. The maximum atomic E-state index is 5.91. The second-order valence-electron chi connectivity index (χ2n) is 5.31. The van der Waals surface area contributed by atoms with Crippen LogP contribution in [0.1, 0.15) is 31.2 Å². The Kier molecular flexibility index (Phi) is 4.07. The van der Waals surface area contributed by atoms with E-state index in [2.05, 4.69) is 37.2 Å². The summed E-state index contributed by atoms with van der Waals surface area (Å²) in [5.74, 6) is 6.23. The Hall–Kier alpha value is -1.59. The summed E-state index contributed by atoms with van der Waals surface area (Å²) in [4.78, 5) is 5.16. The van der Waals surface area contributed by atoms with Crippen molar-refractivity contribution in [1.82, 2.24) is 4.98 Å². The number of anilines is 1. The molecule has 0 atom stereocenters. The largest absolute Gasteiger partial charge is 0.488 e.